The molecule has 3 aromatic rings. The Bertz CT molecular complexity index is 1120. The number of halogens is 3. The maximum Gasteiger partial charge on any atom is 0.435 e. The fourth-order valence-electron chi connectivity index (χ4n) is 3.87. The van der Waals surface area contributed by atoms with Crippen LogP contribution in [0.5, 0.6) is 0 Å². The SMILES string of the molecule is C[C@H](N)C(=O)NCc1cccc(-n2nc(C(F)(F)F)cc2-c2nnc(C3CCCCC3)o2)c1. The summed E-state index contributed by atoms with van der Waals surface area (Å²) < 4.78 is 47.4. The van der Waals surface area contributed by atoms with Crippen LogP contribution >= 0.6 is 0 Å². The number of nitrogens with zero attached hydrogens (tertiary/aromatic N) is 4. The fraction of sp³-hybridized carbons (Fsp3) is 0.455. The van der Waals surface area contributed by atoms with E-state index in [4.69, 9.17) is 10.2 Å². The molecule has 3 N–H and O–H groups in total. The minimum absolute atomic E-state index is 0.0192. The summed E-state index contributed by atoms with van der Waals surface area (Å²) in [5.41, 5.74) is 5.57. The Morgan fingerprint density at radius 2 is 2.00 bits per heavy atom. The highest BCUT2D eigenvalue weighted by molar-refractivity contribution is 5.80. The van der Waals surface area contributed by atoms with Gasteiger partial charge in [-0.05, 0) is 37.5 Å². The first-order valence-electron chi connectivity index (χ1n) is 10.9. The van der Waals surface area contributed by atoms with E-state index in [1.807, 2.05) is 0 Å². The van der Waals surface area contributed by atoms with Gasteiger partial charge >= 0.3 is 6.18 Å². The van der Waals surface area contributed by atoms with Crippen molar-refractivity contribution in [2.24, 2.45) is 5.73 Å². The third kappa shape index (κ3) is 5.24. The van der Waals surface area contributed by atoms with E-state index in [1.165, 1.54) is 0 Å². The summed E-state index contributed by atoms with van der Waals surface area (Å²) in [6, 6.07) is 6.90. The van der Waals surface area contributed by atoms with Gasteiger partial charge in [-0.2, -0.15) is 18.3 Å². The summed E-state index contributed by atoms with van der Waals surface area (Å²) in [5, 5.41) is 14.6. The predicted octanol–water partition coefficient (Wildman–Crippen LogP) is 3.95. The third-order valence-electron chi connectivity index (χ3n) is 5.65. The number of aromatic nitrogens is 4. The molecular formula is C22H25F3N6O2. The van der Waals surface area contributed by atoms with Crippen LogP contribution in [0.4, 0.5) is 13.2 Å². The Morgan fingerprint density at radius 1 is 1.24 bits per heavy atom. The quantitative estimate of drug-likeness (QED) is 0.574. The molecule has 1 aliphatic carbocycles. The zero-order valence-electron chi connectivity index (χ0n) is 18.1. The third-order valence-corrected chi connectivity index (χ3v) is 5.65. The minimum atomic E-state index is -4.64. The van der Waals surface area contributed by atoms with E-state index in [9.17, 15) is 18.0 Å². The second-order valence-corrected chi connectivity index (χ2v) is 8.28. The summed E-state index contributed by atoms with van der Waals surface area (Å²) in [7, 11) is 0. The van der Waals surface area contributed by atoms with E-state index >= 15 is 0 Å². The molecule has 1 aromatic carbocycles. The van der Waals surface area contributed by atoms with Gasteiger partial charge < -0.3 is 15.5 Å². The van der Waals surface area contributed by atoms with Gasteiger partial charge in [0.2, 0.25) is 11.8 Å². The molecule has 0 saturated heterocycles. The first-order chi connectivity index (χ1) is 15.7. The van der Waals surface area contributed by atoms with Gasteiger partial charge in [0, 0.05) is 18.5 Å². The molecule has 2 heterocycles. The molecule has 1 amide bonds. The number of carbonyl (C=O) groups excluding carboxylic acids is 1. The molecule has 176 valence electrons. The number of carbonyl (C=O) groups is 1. The lowest BCUT2D eigenvalue weighted by molar-refractivity contribution is -0.141. The number of nitrogens with one attached hydrogen (secondary N) is 1. The normalized spacial score (nSPS) is 16.0. The highest BCUT2D eigenvalue weighted by Gasteiger charge is 2.36. The van der Waals surface area contributed by atoms with Crippen LogP contribution < -0.4 is 11.1 Å². The van der Waals surface area contributed by atoms with Crippen molar-refractivity contribution >= 4 is 5.91 Å². The second-order valence-electron chi connectivity index (χ2n) is 8.28. The number of rotatable bonds is 6. The Kier molecular flexibility index (Phi) is 6.50. The molecule has 1 atom stereocenters. The van der Waals surface area contributed by atoms with E-state index in [-0.39, 0.29) is 30.0 Å². The number of alkyl halides is 3. The molecule has 1 fully saturated rings. The maximum absolute atomic E-state index is 13.5. The van der Waals surface area contributed by atoms with Crippen molar-refractivity contribution < 1.29 is 22.4 Å². The van der Waals surface area contributed by atoms with Crippen molar-refractivity contribution in [3.8, 4) is 17.3 Å². The van der Waals surface area contributed by atoms with Crippen LogP contribution in [0.3, 0.4) is 0 Å². The zero-order valence-corrected chi connectivity index (χ0v) is 18.1. The van der Waals surface area contributed by atoms with Crippen LogP contribution in [0.15, 0.2) is 34.7 Å². The standard InChI is InChI=1S/C22H25F3N6O2/c1-13(26)19(32)27-12-14-6-5-9-16(10-14)31-17(11-18(30-31)22(23,24)25)21-29-28-20(33-21)15-7-3-2-4-8-15/h5-6,9-11,13,15H,2-4,7-8,12,26H2,1H3,(H,27,32)/t13-/m0/s1. The molecule has 0 bridgehead atoms. The van der Waals surface area contributed by atoms with Gasteiger partial charge in [-0.15, -0.1) is 10.2 Å². The molecule has 4 rings (SSSR count). The van der Waals surface area contributed by atoms with Crippen molar-refractivity contribution in [3.63, 3.8) is 0 Å². The topological polar surface area (TPSA) is 112 Å². The van der Waals surface area contributed by atoms with E-state index in [1.54, 1.807) is 31.2 Å². The number of hydrogen-bond donors (Lipinski definition) is 2. The van der Waals surface area contributed by atoms with Crippen molar-refractivity contribution in [2.75, 3.05) is 0 Å². The monoisotopic (exact) mass is 462 g/mol. The average Bonchev–Trinajstić information content (AvgIpc) is 3.45. The Labute approximate surface area is 188 Å². The zero-order chi connectivity index (χ0) is 23.6. The van der Waals surface area contributed by atoms with Crippen LogP contribution in [0.2, 0.25) is 0 Å². The highest BCUT2D eigenvalue weighted by Crippen LogP contribution is 2.36. The molecule has 8 nitrogen and oxygen atoms in total. The number of benzene rings is 1. The molecule has 11 heteroatoms. The molecule has 1 saturated carbocycles. The van der Waals surface area contributed by atoms with Crippen molar-refractivity contribution in [1.29, 1.82) is 0 Å². The number of nitrogens with two attached hydrogens (primary N) is 1. The van der Waals surface area contributed by atoms with Gasteiger partial charge in [-0.3, -0.25) is 4.79 Å². The highest BCUT2D eigenvalue weighted by atomic mass is 19.4. The summed E-state index contributed by atoms with van der Waals surface area (Å²) in [5.74, 6) is 0.212. The van der Waals surface area contributed by atoms with E-state index in [0.29, 0.717) is 17.1 Å². The van der Waals surface area contributed by atoms with Crippen molar-refractivity contribution in [1.82, 2.24) is 25.3 Å². The van der Waals surface area contributed by atoms with Crippen LogP contribution in [0.25, 0.3) is 17.3 Å². The Hall–Kier alpha value is -3.21. The molecule has 33 heavy (non-hydrogen) atoms. The molecule has 0 aliphatic heterocycles. The summed E-state index contributed by atoms with van der Waals surface area (Å²) in [6.45, 7) is 1.73. The van der Waals surface area contributed by atoms with E-state index < -0.39 is 17.9 Å². The lowest BCUT2D eigenvalue weighted by Gasteiger charge is -2.17. The van der Waals surface area contributed by atoms with E-state index in [0.717, 1.165) is 42.9 Å². The number of amides is 1. The van der Waals surface area contributed by atoms with Gasteiger partial charge in [-0.1, -0.05) is 31.4 Å². The van der Waals surface area contributed by atoms with Crippen molar-refractivity contribution in [2.45, 2.75) is 63.7 Å². The summed E-state index contributed by atoms with van der Waals surface area (Å²) in [6.07, 6.45) is 0.471. The molecule has 1 aliphatic rings. The van der Waals surface area contributed by atoms with Gasteiger partial charge in [0.1, 0.15) is 5.69 Å². The summed E-state index contributed by atoms with van der Waals surface area (Å²) >= 11 is 0. The largest absolute Gasteiger partial charge is 0.435 e. The van der Waals surface area contributed by atoms with Gasteiger partial charge in [0.05, 0.1) is 11.7 Å². The maximum atomic E-state index is 13.5. The van der Waals surface area contributed by atoms with Crippen LogP contribution in [-0.4, -0.2) is 31.9 Å². The lowest BCUT2D eigenvalue weighted by Crippen LogP contribution is -2.37. The van der Waals surface area contributed by atoms with Gasteiger partial charge in [-0.25, -0.2) is 4.68 Å². The summed E-state index contributed by atoms with van der Waals surface area (Å²) in [4.78, 5) is 11.8. The smallest absolute Gasteiger partial charge is 0.419 e. The molecule has 0 spiro atoms. The van der Waals surface area contributed by atoms with Gasteiger partial charge in [0.15, 0.2) is 5.69 Å². The first-order valence-corrected chi connectivity index (χ1v) is 10.9. The molecule has 0 radical (unpaired) electrons. The Morgan fingerprint density at radius 3 is 2.70 bits per heavy atom. The second kappa shape index (κ2) is 9.34. The van der Waals surface area contributed by atoms with Gasteiger partial charge in [0.25, 0.3) is 5.89 Å². The Balaban J connectivity index is 1.67. The molecule has 2 aromatic heterocycles. The van der Waals surface area contributed by atoms with Crippen LogP contribution in [-0.2, 0) is 17.5 Å². The van der Waals surface area contributed by atoms with Crippen molar-refractivity contribution in [3.05, 3.63) is 47.5 Å². The lowest BCUT2D eigenvalue weighted by atomic mass is 9.89. The average molecular weight is 462 g/mol. The van der Waals surface area contributed by atoms with E-state index in [2.05, 4.69) is 20.6 Å². The first kappa shape index (κ1) is 23.0. The molecular weight excluding hydrogens is 437 g/mol. The predicted molar refractivity (Wildman–Crippen MR) is 113 cm³/mol. The number of hydrogen-bond acceptors (Lipinski definition) is 6. The molecule has 0 unspecified atom stereocenters. The fourth-order valence-corrected chi connectivity index (χ4v) is 3.87. The van der Waals surface area contributed by atoms with Crippen LogP contribution in [0.1, 0.15) is 62.1 Å². The van der Waals surface area contributed by atoms with Crippen LogP contribution in [0, 0.1) is 0 Å². The minimum Gasteiger partial charge on any atom is -0.419 e.